The minimum atomic E-state index is -4.90. The van der Waals surface area contributed by atoms with Gasteiger partial charge in [-0.05, 0) is 42.7 Å². The maximum Gasteiger partial charge on any atom is 0.421 e. The van der Waals surface area contributed by atoms with Crippen LogP contribution in [0, 0.1) is 27.6 Å². The van der Waals surface area contributed by atoms with E-state index in [1.165, 1.54) is 6.07 Å². The van der Waals surface area contributed by atoms with Crippen molar-refractivity contribution in [1.29, 1.82) is 16.1 Å². The highest BCUT2D eigenvalue weighted by Crippen LogP contribution is 2.30. The number of alkyl halides is 4. The molecular formula is C22H27F5N6S. The molecule has 1 heterocycles. The molecule has 0 fully saturated rings. The van der Waals surface area contributed by atoms with E-state index < -0.39 is 24.3 Å². The Morgan fingerprint density at radius 3 is 2.47 bits per heavy atom. The van der Waals surface area contributed by atoms with E-state index in [1.54, 1.807) is 17.8 Å². The summed E-state index contributed by atoms with van der Waals surface area (Å²) in [5, 5.41) is 28.2. The standard InChI is InChI=1S/C13H16N2S.C9H10F4N4.FH/c1-4-16-8-10-5-6-11(7-12(10)15)13(2,3)9-14;10-7(9(11,12)13)4-16-6-3-17-8(15)1-5(6)2-14;/h5-8,15H,4H2,1-3H3;1-3,7,14,16H,4H2,(H2,15,17);1H/b10-8+,15-12?;;. The molecule has 1 unspecified atom stereocenters. The number of allylic oxidation sites excluding steroid dienone is 5. The van der Waals surface area contributed by atoms with Gasteiger partial charge in [-0.1, -0.05) is 19.1 Å². The Balaban J connectivity index is 0.000000623. The summed E-state index contributed by atoms with van der Waals surface area (Å²) in [6, 6.07) is 3.55. The number of nitriles is 1. The predicted octanol–water partition coefficient (Wildman–Crippen LogP) is 5.82. The average molecular weight is 503 g/mol. The topological polar surface area (TPSA) is 122 Å². The van der Waals surface area contributed by atoms with Crippen LogP contribution >= 0.6 is 11.8 Å². The molecule has 0 saturated heterocycles. The van der Waals surface area contributed by atoms with Crippen LogP contribution < -0.4 is 11.1 Å². The molecular weight excluding hydrogens is 475 g/mol. The van der Waals surface area contributed by atoms with Gasteiger partial charge in [0.05, 0.1) is 35.6 Å². The van der Waals surface area contributed by atoms with Crippen molar-refractivity contribution in [2.75, 3.05) is 23.3 Å². The zero-order chi connectivity index (χ0) is 25.2. The van der Waals surface area contributed by atoms with Gasteiger partial charge < -0.3 is 21.9 Å². The van der Waals surface area contributed by atoms with Crippen molar-refractivity contribution in [3.05, 3.63) is 52.6 Å². The second kappa shape index (κ2) is 13.5. The number of pyridine rings is 1. The molecule has 6 nitrogen and oxygen atoms in total. The Hall–Kier alpha value is -3.20. The summed E-state index contributed by atoms with van der Waals surface area (Å²) in [4.78, 5) is 3.64. The van der Waals surface area contributed by atoms with Crippen LogP contribution in [0.3, 0.4) is 0 Å². The van der Waals surface area contributed by atoms with Gasteiger partial charge in [0.25, 0.3) is 0 Å². The highest BCUT2D eigenvalue weighted by molar-refractivity contribution is 8.02. The number of hydrogen-bond acceptors (Lipinski definition) is 7. The van der Waals surface area contributed by atoms with Gasteiger partial charge in [-0.25, -0.2) is 9.37 Å². The Bertz CT molecular complexity index is 992. The second-order valence-electron chi connectivity index (χ2n) is 7.34. The van der Waals surface area contributed by atoms with Gasteiger partial charge in [0.2, 0.25) is 6.17 Å². The number of anilines is 2. The monoisotopic (exact) mass is 502 g/mol. The molecule has 0 amide bonds. The first kappa shape index (κ1) is 30.8. The third-order valence-electron chi connectivity index (χ3n) is 4.37. The number of nitrogen functional groups attached to an aromatic ring is 1. The average Bonchev–Trinajstić information content (AvgIpc) is 2.76. The summed E-state index contributed by atoms with van der Waals surface area (Å²) in [5.41, 5.74) is 7.49. The number of nitrogens with zero attached hydrogens (tertiary/aromatic N) is 2. The molecule has 0 aliphatic heterocycles. The van der Waals surface area contributed by atoms with Gasteiger partial charge >= 0.3 is 6.18 Å². The van der Waals surface area contributed by atoms with E-state index >= 15 is 0 Å². The number of thioether (sulfide) groups is 1. The normalized spacial score (nSPS) is 15.3. The quantitative estimate of drug-likeness (QED) is 0.277. The van der Waals surface area contributed by atoms with Gasteiger partial charge in [-0.3, -0.25) is 4.70 Å². The summed E-state index contributed by atoms with van der Waals surface area (Å²) in [5.74, 6) is 1.13. The first-order valence-corrected chi connectivity index (χ1v) is 10.8. The molecule has 0 bridgehead atoms. The van der Waals surface area contributed by atoms with Crippen LogP contribution in [0.4, 0.5) is 33.8 Å². The molecule has 1 aliphatic carbocycles. The van der Waals surface area contributed by atoms with Crippen molar-refractivity contribution in [2.24, 2.45) is 5.41 Å². The summed E-state index contributed by atoms with van der Waals surface area (Å²) in [6.07, 6.45) is -0.203. The Kier molecular flexibility index (Phi) is 12.2. The molecule has 34 heavy (non-hydrogen) atoms. The lowest BCUT2D eigenvalue weighted by Gasteiger charge is -2.20. The van der Waals surface area contributed by atoms with E-state index in [0.29, 0.717) is 5.71 Å². The molecule has 12 heteroatoms. The van der Waals surface area contributed by atoms with Crippen LogP contribution in [0.15, 0.2) is 47.0 Å². The molecule has 0 saturated carbocycles. The third kappa shape index (κ3) is 9.35. The molecule has 0 radical (unpaired) electrons. The van der Waals surface area contributed by atoms with Gasteiger partial charge in [0.15, 0.2) is 0 Å². The van der Waals surface area contributed by atoms with Crippen molar-refractivity contribution >= 4 is 35.2 Å². The first-order chi connectivity index (χ1) is 15.3. The molecule has 5 N–H and O–H groups in total. The Labute approximate surface area is 199 Å². The van der Waals surface area contributed by atoms with Crippen LogP contribution in [0.5, 0.6) is 0 Å². The number of nitrogens with one attached hydrogen (secondary N) is 3. The lowest BCUT2D eigenvalue weighted by Crippen LogP contribution is -2.31. The number of nitrogens with two attached hydrogens (primary N) is 1. The smallest absolute Gasteiger partial charge is 0.384 e. The summed E-state index contributed by atoms with van der Waals surface area (Å²) in [7, 11) is 0. The van der Waals surface area contributed by atoms with Crippen LogP contribution in [-0.2, 0) is 0 Å². The largest absolute Gasteiger partial charge is 0.421 e. The molecule has 0 spiro atoms. The van der Waals surface area contributed by atoms with E-state index in [-0.39, 0.29) is 21.8 Å². The van der Waals surface area contributed by atoms with Crippen LogP contribution in [0.1, 0.15) is 26.3 Å². The molecule has 1 aromatic heterocycles. The Morgan fingerprint density at radius 2 is 1.97 bits per heavy atom. The first-order valence-electron chi connectivity index (χ1n) is 9.78. The van der Waals surface area contributed by atoms with E-state index in [4.69, 9.17) is 21.8 Å². The Morgan fingerprint density at radius 1 is 1.32 bits per heavy atom. The lowest BCUT2D eigenvalue weighted by molar-refractivity contribution is -0.176. The van der Waals surface area contributed by atoms with Crippen molar-refractivity contribution in [3.63, 3.8) is 0 Å². The van der Waals surface area contributed by atoms with Crippen molar-refractivity contribution in [2.45, 2.75) is 33.1 Å². The lowest BCUT2D eigenvalue weighted by atomic mass is 9.82. The van der Waals surface area contributed by atoms with E-state index in [0.717, 1.165) is 29.3 Å². The number of aromatic nitrogens is 1. The molecule has 1 atom stereocenters. The van der Waals surface area contributed by atoms with Gasteiger partial charge in [0, 0.05) is 17.4 Å². The van der Waals surface area contributed by atoms with Crippen LogP contribution in [0.2, 0.25) is 0 Å². The zero-order valence-electron chi connectivity index (χ0n) is 18.8. The fourth-order valence-electron chi connectivity index (χ4n) is 2.36. The third-order valence-corrected chi connectivity index (χ3v) is 5.12. The molecule has 2 rings (SSSR count). The molecule has 1 aliphatic rings. The van der Waals surface area contributed by atoms with E-state index in [2.05, 4.69) is 23.3 Å². The van der Waals surface area contributed by atoms with Crippen molar-refractivity contribution < 1.29 is 22.3 Å². The minimum absolute atomic E-state index is 0. The van der Waals surface area contributed by atoms with Crippen molar-refractivity contribution in [1.82, 2.24) is 4.98 Å². The molecule has 0 aromatic carbocycles. The highest BCUT2D eigenvalue weighted by atomic mass is 32.2. The number of rotatable bonds is 7. The molecule has 186 valence electrons. The second-order valence-corrected chi connectivity index (χ2v) is 8.49. The minimum Gasteiger partial charge on any atom is -0.384 e. The SMILES string of the molecule is CCS/C=C1\C=CC(C(C)(C)C#N)=CC1=N.F.N=Cc1cc(N)ncc1NCC(F)C(F)(F)F. The zero-order valence-corrected chi connectivity index (χ0v) is 19.6. The number of halogens is 5. The fourth-order valence-corrected chi connectivity index (χ4v) is 2.91. The summed E-state index contributed by atoms with van der Waals surface area (Å²) in [6.45, 7) is 4.88. The number of hydrogen-bond donors (Lipinski definition) is 4. The highest BCUT2D eigenvalue weighted by Gasteiger charge is 2.39. The maximum atomic E-state index is 12.6. The summed E-state index contributed by atoms with van der Waals surface area (Å²) < 4.78 is 48.3. The van der Waals surface area contributed by atoms with Crippen LogP contribution in [-0.4, -0.2) is 41.6 Å². The summed E-state index contributed by atoms with van der Waals surface area (Å²) >= 11 is 1.68. The van der Waals surface area contributed by atoms with Gasteiger partial charge in [0.1, 0.15) is 5.82 Å². The van der Waals surface area contributed by atoms with Gasteiger partial charge in [-0.15, -0.1) is 11.8 Å². The fraction of sp³-hybridized carbons (Fsp3) is 0.364. The maximum absolute atomic E-state index is 12.6. The van der Waals surface area contributed by atoms with Gasteiger partial charge in [-0.2, -0.15) is 18.4 Å². The van der Waals surface area contributed by atoms with Crippen molar-refractivity contribution in [3.8, 4) is 6.07 Å². The van der Waals surface area contributed by atoms with E-state index in [9.17, 15) is 17.6 Å². The molecule has 1 aromatic rings. The predicted molar refractivity (Wildman–Crippen MR) is 129 cm³/mol. The van der Waals surface area contributed by atoms with Crippen LogP contribution in [0.25, 0.3) is 0 Å². The van der Waals surface area contributed by atoms with E-state index in [1.807, 2.05) is 31.4 Å².